The summed E-state index contributed by atoms with van der Waals surface area (Å²) >= 11 is 0. The Balaban J connectivity index is 4.62. The molecule has 9 heavy (non-hydrogen) atoms. The zero-order valence-corrected chi connectivity index (χ0v) is 5.33. The third-order valence-electron chi connectivity index (χ3n) is 0.831. The highest BCUT2D eigenvalue weighted by Crippen LogP contribution is 2.04. The summed E-state index contributed by atoms with van der Waals surface area (Å²) in [5, 5.41) is 15.0. The Hall–Kier alpha value is -1.17. The van der Waals surface area contributed by atoms with Crippen molar-refractivity contribution in [2.75, 3.05) is 0 Å². The van der Waals surface area contributed by atoms with Gasteiger partial charge in [-0.25, -0.2) is 4.39 Å². The fourth-order valence-corrected chi connectivity index (χ4v) is 0.419. The van der Waals surface area contributed by atoms with Crippen LogP contribution in [0.25, 0.3) is 0 Å². The van der Waals surface area contributed by atoms with Crippen LogP contribution >= 0.6 is 0 Å². The summed E-state index contributed by atoms with van der Waals surface area (Å²) in [6, 6.07) is 1.58. The molecule has 0 heterocycles. The lowest BCUT2D eigenvalue weighted by Crippen LogP contribution is -1.93. The summed E-state index contributed by atoms with van der Waals surface area (Å²) in [4.78, 5) is 0. The van der Waals surface area contributed by atoms with E-state index in [1.807, 2.05) is 0 Å². The molecule has 0 saturated heterocycles. The van der Waals surface area contributed by atoms with Crippen LogP contribution in [-0.2, 0) is 0 Å². The van der Waals surface area contributed by atoms with Crippen molar-refractivity contribution in [1.29, 1.82) is 10.7 Å². The molecule has 0 aromatic rings. The van der Waals surface area contributed by atoms with Gasteiger partial charge in [-0.2, -0.15) is 5.26 Å². The molecule has 0 aliphatic rings. The van der Waals surface area contributed by atoms with E-state index < -0.39 is 5.83 Å². The highest BCUT2D eigenvalue weighted by Gasteiger charge is 2.01. The zero-order valence-electron chi connectivity index (χ0n) is 5.33. The second-order valence-electron chi connectivity index (χ2n) is 1.65. The van der Waals surface area contributed by atoms with Gasteiger partial charge in [0.15, 0.2) is 0 Å². The van der Waals surface area contributed by atoms with Crippen LogP contribution in [0.5, 0.6) is 0 Å². The Morgan fingerprint density at radius 3 is 2.00 bits per heavy atom. The van der Waals surface area contributed by atoms with E-state index in [9.17, 15) is 4.39 Å². The molecule has 0 unspecified atom stereocenters. The highest BCUT2D eigenvalue weighted by molar-refractivity contribution is 5.99. The van der Waals surface area contributed by atoms with Crippen LogP contribution in [-0.4, -0.2) is 5.71 Å². The second kappa shape index (κ2) is 2.98. The molecule has 0 fully saturated rings. The largest absolute Gasteiger partial charge is 0.304 e. The molecule has 0 bridgehead atoms. The van der Waals surface area contributed by atoms with E-state index in [0.29, 0.717) is 0 Å². The third kappa shape index (κ3) is 2.04. The average molecular weight is 126 g/mol. The lowest BCUT2D eigenvalue weighted by Gasteiger charge is -1.90. The Morgan fingerprint density at radius 2 is 2.00 bits per heavy atom. The minimum atomic E-state index is -0.593. The van der Waals surface area contributed by atoms with Gasteiger partial charge in [-0.05, 0) is 13.8 Å². The first kappa shape index (κ1) is 7.83. The predicted octanol–water partition coefficient (Wildman–Crippen LogP) is 1.79. The standard InChI is InChI=1S/C6H7FN2/c1-4(7)6(3-8)5(2)9/h9H,1-2H3/b6-4+,9-5?. The molecule has 0 saturated carbocycles. The Morgan fingerprint density at radius 1 is 1.56 bits per heavy atom. The summed E-state index contributed by atoms with van der Waals surface area (Å²) in [5.41, 5.74) is -0.201. The monoisotopic (exact) mass is 126 g/mol. The quantitative estimate of drug-likeness (QED) is 0.422. The van der Waals surface area contributed by atoms with Crippen molar-refractivity contribution in [3.05, 3.63) is 11.4 Å². The molecule has 0 aliphatic carbocycles. The van der Waals surface area contributed by atoms with Crippen molar-refractivity contribution >= 4 is 5.71 Å². The zero-order chi connectivity index (χ0) is 7.44. The van der Waals surface area contributed by atoms with Crippen LogP contribution < -0.4 is 0 Å². The summed E-state index contributed by atoms with van der Waals surface area (Å²) in [5.74, 6) is -0.593. The van der Waals surface area contributed by atoms with E-state index in [1.54, 1.807) is 6.07 Å². The average Bonchev–Trinajstić information content (AvgIpc) is 1.64. The van der Waals surface area contributed by atoms with E-state index in [4.69, 9.17) is 10.7 Å². The maximum atomic E-state index is 12.1. The smallest absolute Gasteiger partial charge is 0.116 e. The SMILES string of the molecule is CC(=N)/C(C#N)=C(\C)F. The van der Waals surface area contributed by atoms with Crippen LogP contribution in [0, 0.1) is 16.7 Å². The van der Waals surface area contributed by atoms with E-state index in [0.717, 1.165) is 6.92 Å². The lowest BCUT2D eigenvalue weighted by molar-refractivity contribution is 0.637. The Labute approximate surface area is 53.1 Å². The molecule has 1 N–H and O–H groups in total. The van der Waals surface area contributed by atoms with E-state index in [2.05, 4.69) is 0 Å². The number of hydrogen-bond donors (Lipinski definition) is 1. The molecule has 48 valence electrons. The lowest BCUT2D eigenvalue weighted by atomic mass is 10.2. The molecule has 0 atom stereocenters. The van der Waals surface area contributed by atoms with Gasteiger partial charge in [-0.1, -0.05) is 0 Å². The van der Waals surface area contributed by atoms with Gasteiger partial charge in [-0.15, -0.1) is 0 Å². The van der Waals surface area contributed by atoms with E-state index in [-0.39, 0.29) is 11.3 Å². The number of hydrogen-bond acceptors (Lipinski definition) is 2. The molecule has 0 amide bonds. The van der Waals surface area contributed by atoms with Crippen LogP contribution in [0.2, 0.25) is 0 Å². The maximum absolute atomic E-state index is 12.1. The van der Waals surface area contributed by atoms with Gasteiger partial charge in [0.25, 0.3) is 0 Å². The van der Waals surface area contributed by atoms with Crippen molar-refractivity contribution in [3.8, 4) is 6.07 Å². The number of allylic oxidation sites excluding steroid dienone is 2. The first-order valence-corrected chi connectivity index (χ1v) is 2.41. The fourth-order valence-electron chi connectivity index (χ4n) is 0.419. The van der Waals surface area contributed by atoms with Gasteiger partial charge in [0.2, 0.25) is 0 Å². The normalized spacial score (nSPS) is 11.8. The summed E-state index contributed by atoms with van der Waals surface area (Å²) in [6.45, 7) is 2.54. The van der Waals surface area contributed by atoms with Gasteiger partial charge in [-0.3, -0.25) is 0 Å². The third-order valence-corrected chi connectivity index (χ3v) is 0.831. The molecule has 0 radical (unpaired) electrons. The van der Waals surface area contributed by atoms with Gasteiger partial charge < -0.3 is 5.41 Å². The Bertz CT molecular complexity index is 194. The van der Waals surface area contributed by atoms with Crippen LogP contribution in [0.1, 0.15) is 13.8 Å². The van der Waals surface area contributed by atoms with Crippen molar-refractivity contribution in [1.82, 2.24) is 0 Å². The Kier molecular flexibility index (Phi) is 2.59. The van der Waals surface area contributed by atoms with Gasteiger partial charge in [0.1, 0.15) is 17.5 Å². The fraction of sp³-hybridized carbons (Fsp3) is 0.333. The summed E-state index contributed by atoms with van der Waals surface area (Å²) in [6.07, 6.45) is 0. The number of nitrogens with zero attached hydrogens (tertiary/aromatic N) is 1. The molecule has 0 spiro atoms. The summed E-state index contributed by atoms with van der Waals surface area (Å²) < 4.78 is 12.1. The predicted molar refractivity (Wildman–Crippen MR) is 32.8 cm³/mol. The molecule has 0 rings (SSSR count). The van der Waals surface area contributed by atoms with E-state index >= 15 is 0 Å². The minimum absolute atomic E-state index is 0.0301. The van der Waals surface area contributed by atoms with Crippen LogP contribution in [0.15, 0.2) is 11.4 Å². The maximum Gasteiger partial charge on any atom is 0.116 e. The minimum Gasteiger partial charge on any atom is -0.304 e. The second-order valence-corrected chi connectivity index (χ2v) is 1.65. The molecular formula is C6H7FN2. The number of nitrogens with one attached hydrogen (secondary N) is 1. The van der Waals surface area contributed by atoms with Crippen LogP contribution in [0.4, 0.5) is 4.39 Å². The van der Waals surface area contributed by atoms with Gasteiger partial charge in [0.05, 0.1) is 0 Å². The first-order chi connectivity index (χ1) is 4.09. The van der Waals surface area contributed by atoms with Crippen molar-refractivity contribution in [3.63, 3.8) is 0 Å². The molecule has 3 heteroatoms. The molecule has 0 aromatic heterocycles. The van der Waals surface area contributed by atoms with Crippen molar-refractivity contribution < 1.29 is 4.39 Å². The number of rotatable bonds is 1. The van der Waals surface area contributed by atoms with Crippen molar-refractivity contribution in [2.24, 2.45) is 0 Å². The summed E-state index contributed by atoms with van der Waals surface area (Å²) in [7, 11) is 0. The van der Waals surface area contributed by atoms with E-state index in [1.165, 1.54) is 6.92 Å². The van der Waals surface area contributed by atoms with Crippen molar-refractivity contribution in [2.45, 2.75) is 13.8 Å². The molecular weight excluding hydrogens is 119 g/mol. The van der Waals surface area contributed by atoms with Gasteiger partial charge in [0, 0.05) is 5.71 Å². The van der Waals surface area contributed by atoms with Gasteiger partial charge >= 0.3 is 0 Å². The molecule has 0 aliphatic heterocycles. The molecule has 0 aromatic carbocycles. The topological polar surface area (TPSA) is 47.6 Å². The molecule has 2 nitrogen and oxygen atoms in total. The number of nitriles is 1. The number of halogens is 1. The highest BCUT2D eigenvalue weighted by atomic mass is 19.1. The van der Waals surface area contributed by atoms with Crippen LogP contribution in [0.3, 0.4) is 0 Å². The first-order valence-electron chi connectivity index (χ1n) is 2.41.